The Labute approximate surface area is 107 Å². The normalized spacial score (nSPS) is 12.8. The van der Waals surface area contributed by atoms with Crippen LogP contribution in [0.15, 0.2) is 11.4 Å². The zero-order valence-electron chi connectivity index (χ0n) is 10.7. The van der Waals surface area contributed by atoms with Crippen LogP contribution in [0.3, 0.4) is 0 Å². The van der Waals surface area contributed by atoms with Gasteiger partial charge in [-0.1, -0.05) is 13.3 Å². The summed E-state index contributed by atoms with van der Waals surface area (Å²) in [7, 11) is 2.09. The maximum atomic E-state index is 11.5. The van der Waals surface area contributed by atoms with Gasteiger partial charge in [-0.05, 0) is 37.4 Å². The Kier molecular flexibility index (Phi) is 5.61. The lowest BCUT2D eigenvalue weighted by molar-refractivity contribution is 0.0955. The highest BCUT2D eigenvalue weighted by atomic mass is 32.1. The molecule has 96 valence electrons. The average molecular weight is 255 g/mol. The molecule has 0 aliphatic rings. The number of hydrogen-bond donors (Lipinski definition) is 2. The summed E-state index contributed by atoms with van der Waals surface area (Å²) in [6, 6.07) is 2.51. The molecule has 0 aromatic carbocycles. The van der Waals surface area contributed by atoms with Crippen LogP contribution in [-0.4, -0.2) is 23.9 Å². The quantitative estimate of drug-likeness (QED) is 0.464. The predicted octanol–water partition coefficient (Wildman–Crippen LogP) is 1.97. The maximum absolute atomic E-state index is 11.5. The molecular formula is C12H21N3OS. The second-order valence-corrected chi connectivity index (χ2v) is 5.22. The third-order valence-corrected chi connectivity index (χ3v) is 3.92. The monoisotopic (exact) mass is 255 g/mol. The van der Waals surface area contributed by atoms with Crippen LogP contribution in [0, 0.1) is 0 Å². The summed E-state index contributed by atoms with van der Waals surface area (Å²) in [5, 5.41) is 1.93. The second kappa shape index (κ2) is 6.74. The summed E-state index contributed by atoms with van der Waals surface area (Å²) in [5.41, 5.74) is 3.23. The number of nitrogens with one attached hydrogen (secondary N) is 1. The fourth-order valence-corrected chi connectivity index (χ4v) is 2.61. The van der Waals surface area contributed by atoms with Gasteiger partial charge < -0.3 is 0 Å². The number of hydrogen-bond acceptors (Lipinski definition) is 4. The molecule has 0 bridgehead atoms. The molecule has 0 spiro atoms. The van der Waals surface area contributed by atoms with E-state index in [1.807, 2.05) is 11.4 Å². The van der Waals surface area contributed by atoms with Crippen LogP contribution in [0.4, 0.5) is 0 Å². The number of amides is 1. The molecule has 0 saturated carbocycles. The first-order valence-electron chi connectivity index (χ1n) is 5.87. The van der Waals surface area contributed by atoms with Crippen LogP contribution in [0.5, 0.6) is 0 Å². The molecule has 1 heterocycles. The molecule has 5 heteroatoms. The van der Waals surface area contributed by atoms with Gasteiger partial charge in [0.05, 0.1) is 4.88 Å². The van der Waals surface area contributed by atoms with E-state index in [1.165, 1.54) is 24.2 Å². The summed E-state index contributed by atoms with van der Waals surface area (Å²) in [5.74, 6) is 4.96. The van der Waals surface area contributed by atoms with E-state index in [0.717, 1.165) is 12.1 Å². The number of thiophene rings is 1. The molecule has 0 fully saturated rings. The Morgan fingerprint density at radius 1 is 1.65 bits per heavy atom. The molecular weight excluding hydrogens is 234 g/mol. The zero-order chi connectivity index (χ0) is 12.8. The largest absolute Gasteiger partial charge is 0.299 e. The number of rotatable bonds is 6. The lowest BCUT2D eigenvalue weighted by atomic mass is 10.1. The number of carbonyl (C=O) groups is 1. The first-order chi connectivity index (χ1) is 8.10. The van der Waals surface area contributed by atoms with Crippen LogP contribution in [0.2, 0.25) is 0 Å². The van der Waals surface area contributed by atoms with Crippen LogP contribution >= 0.6 is 11.3 Å². The zero-order valence-corrected chi connectivity index (χ0v) is 11.5. The van der Waals surface area contributed by atoms with E-state index in [2.05, 4.69) is 31.2 Å². The van der Waals surface area contributed by atoms with E-state index in [-0.39, 0.29) is 5.91 Å². The predicted molar refractivity (Wildman–Crippen MR) is 71.8 cm³/mol. The van der Waals surface area contributed by atoms with Crippen LogP contribution in [0.1, 0.15) is 41.9 Å². The van der Waals surface area contributed by atoms with Gasteiger partial charge in [-0.3, -0.25) is 15.1 Å². The van der Waals surface area contributed by atoms with E-state index in [4.69, 9.17) is 5.84 Å². The summed E-state index contributed by atoms with van der Waals surface area (Å²) in [6.07, 6.45) is 2.34. The van der Waals surface area contributed by atoms with E-state index >= 15 is 0 Å². The lowest BCUT2D eigenvalue weighted by Gasteiger charge is -2.24. The van der Waals surface area contributed by atoms with E-state index in [9.17, 15) is 4.79 Å². The first-order valence-corrected chi connectivity index (χ1v) is 6.75. The van der Waals surface area contributed by atoms with Crippen molar-refractivity contribution in [2.45, 2.75) is 39.3 Å². The molecule has 3 N–H and O–H groups in total. The van der Waals surface area contributed by atoms with Crippen molar-refractivity contribution in [3.8, 4) is 0 Å². The van der Waals surface area contributed by atoms with Gasteiger partial charge in [0, 0.05) is 12.6 Å². The third kappa shape index (κ3) is 3.80. The molecule has 1 atom stereocenters. The van der Waals surface area contributed by atoms with Gasteiger partial charge >= 0.3 is 0 Å². The molecule has 17 heavy (non-hydrogen) atoms. The highest BCUT2D eigenvalue weighted by Gasteiger charge is 2.15. The van der Waals surface area contributed by atoms with Gasteiger partial charge in [-0.15, -0.1) is 11.3 Å². The van der Waals surface area contributed by atoms with Crippen LogP contribution in [0.25, 0.3) is 0 Å². The topological polar surface area (TPSA) is 58.4 Å². The molecule has 1 aromatic rings. The summed E-state index contributed by atoms with van der Waals surface area (Å²) in [4.78, 5) is 14.5. The van der Waals surface area contributed by atoms with Crippen LogP contribution < -0.4 is 11.3 Å². The Morgan fingerprint density at radius 3 is 2.94 bits per heavy atom. The van der Waals surface area contributed by atoms with E-state index in [0.29, 0.717) is 10.9 Å². The van der Waals surface area contributed by atoms with Gasteiger partial charge in [-0.25, -0.2) is 5.84 Å². The van der Waals surface area contributed by atoms with Gasteiger partial charge in [-0.2, -0.15) is 0 Å². The van der Waals surface area contributed by atoms with Crippen molar-refractivity contribution in [2.75, 3.05) is 7.05 Å². The van der Waals surface area contributed by atoms with Crippen molar-refractivity contribution in [1.29, 1.82) is 0 Å². The Balaban J connectivity index is 2.68. The SMILES string of the molecule is CCCC(C)N(C)Cc1ccsc1C(=O)NN. The molecule has 0 radical (unpaired) electrons. The number of nitrogens with two attached hydrogens (primary N) is 1. The minimum absolute atomic E-state index is 0.202. The van der Waals surface area contributed by atoms with Crippen LogP contribution in [-0.2, 0) is 6.54 Å². The summed E-state index contributed by atoms with van der Waals surface area (Å²) in [6.45, 7) is 5.17. The maximum Gasteiger partial charge on any atom is 0.275 e. The van der Waals surface area contributed by atoms with E-state index in [1.54, 1.807) is 0 Å². The molecule has 1 unspecified atom stereocenters. The smallest absolute Gasteiger partial charge is 0.275 e. The first kappa shape index (κ1) is 14.2. The third-order valence-electron chi connectivity index (χ3n) is 2.96. The van der Waals surface area contributed by atoms with Gasteiger partial charge in [0.15, 0.2) is 0 Å². The minimum atomic E-state index is -0.202. The van der Waals surface area contributed by atoms with Gasteiger partial charge in [0.1, 0.15) is 0 Å². The minimum Gasteiger partial charge on any atom is -0.299 e. The number of nitrogens with zero attached hydrogens (tertiary/aromatic N) is 1. The van der Waals surface area contributed by atoms with Crippen molar-refractivity contribution in [3.05, 3.63) is 21.9 Å². The molecule has 1 amide bonds. The highest BCUT2D eigenvalue weighted by Crippen LogP contribution is 2.19. The summed E-state index contributed by atoms with van der Waals surface area (Å²) < 4.78 is 0. The van der Waals surface area contributed by atoms with Crippen molar-refractivity contribution >= 4 is 17.2 Å². The van der Waals surface area contributed by atoms with Crippen molar-refractivity contribution in [2.24, 2.45) is 5.84 Å². The molecule has 1 rings (SSSR count). The van der Waals surface area contributed by atoms with Crippen molar-refractivity contribution < 1.29 is 4.79 Å². The molecule has 0 aliphatic carbocycles. The average Bonchev–Trinajstić information content (AvgIpc) is 2.76. The number of hydrazine groups is 1. The second-order valence-electron chi connectivity index (χ2n) is 4.30. The Bertz CT molecular complexity index is 364. The number of nitrogen functional groups attached to an aromatic ring is 1. The van der Waals surface area contributed by atoms with Gasteiger partial charge in [0.25, 0.3) is 5.91 Å². The van der Waals surface area contributed by atoms with Crippen molar-refractivity contribution in [3.63, 3.8) is 0 Å². The highest BCUT2D eigenvalue weighted by molar-refractivity contribution is 7.12. The molecule has 0 saturated heterocycles. The molecule has 0 aliphatic heterocycles. The molecule has 4 nitrogen and oxygen atoms in total. The number of carbonyl (C=O) groups excluding carboxylic acids is 1. The fourth-order valence-electron chi connectivity index (χ4n) is 1.79. The lowest BCUT2D eigenvalue weighted by Crippen LogP contribution is -2.32. The molecule has 1 aromatic heterocycles. The fraction of sp³-hybridized carbons (Fsp3) is 0.583. The van der Waals surface area contributed by atoms with Gasteiger partial charge in [0.2, 0.25) is 0 Å². The van der Waals surface area contributed by atoms with E-state index < -0.39 is 0 Å². The van der Waals surface area contributed by atoms with Crippen molar-refractivity contribution in [1.82, 2.24) is 10.3 Å². The standard InChI is InChI=1S/C12H21N3OS/c1-4-5-9(2)15(3)8-10-6-7-17-11(10)12(16)14-13/h6-7,9H,4-5,8,13H2,1-3H3,(H,14,16). The Morgan fingerprint density at radius 2 is 2.35 bits per heavy atom. The summed E-state index contributed by atoms with van der Waals surface area (Å²) >= 11 is 1.43. The Hall–Kier alpha value is -0.910.